The smallest absolute Gasteiger partial charge is 0.273 e. The molecule has 1 heterocycles. The van der Waals surface area contributed by atoms with E-state index in [4.69, 9.17) is 0 Å². The molecule has 1 aromatic carbocycles. The van der Waals surface area contributed by atoms with Gasteiger partial charge in [-0.1, -0.05) is 18.2 Å². The third-order valence-electron chi connectivity index (χ3n) is 3.01. The Morgan fingerprint density at radius 1 is 1.44 bits per heavy atom. The zero-order valence-corrected chi connectivity index (χ0v) is 9.89. The molecule has 1 saturated heterocycles. The first-order valence-corrected chi connectivity index (χ1v) is 5.92. The molecule has 0 bridgehead atoms. The number of benzene rings is 1. The van der Waals surface area contributed by atoms with E-state index in [2.05, 4.69) is 10.6 Å². The lowest BCUT2D eigenvalue weighted by Crippen LogP contribution is -2.47. The molecule has 1 aromatic rings. The van der Waals surface area contributed by atoms with E-state index in [1.54, 1.807) is 18.2 Å². The van der Waals surface area contributed by atoms with E-state index in [0.29, 0.717) is 18.7 Å². The standard InChI is InChI=1S/C12H15N3O3/c16-12-10(5-3-7-13-12)14-8-9-4-1-2-6-11(9)15(17)18/h1-2,4,6,10,14H,3,5,7-8H2,(H,13,16). The number of nitrogens with zero attached hydrogens (tertiary/aromatic N) is 1. The minimum atomic E-state index is -0.405. The average Bonchev–Trinajstić information content (AvgIpc) is 2.38. The summed E-state index contributed by atoms with van der Waals surface area (Å²) in [5.74, 6) is -0.0279. The average molecular weight is 249 g/mol. The van der Waals surface area contributed by atoms with Crippen LogP contribution in [0.2, 0.25) is 0 Å². The Morgan fingerprint density at radius 3 is 2.94 bits per heavy atom. The minimum Gasteiger partial charge on any atom is -0.355 e. The Labute approximate surface area is 105 Å². The van der Waals surface area contributed by atoms with E-state index < -0.39 is 4.92 Å². The van der Waals surface area contributed by atoms with Crippen molar-refractivity contribution in [1.29, 1.82) is 0 Å². The molecule has 6 heteroatoms. The summed E-state index contributed by atoms with van der Waals surface area (Å²) in [6.45, 7) is 1.04. The largest absolute Gasteiger partial charge is 0.355 e. The summed E-state index contributed by atoms with van der Waals surface area (Å²) in [5.41, 5.74) is 0.682. The SMILES string of the molecule is O=C1NCCCC1NCc1ccccc1[N+](=O)[O-]. The lowest BCUT2D eigenvalue weighted by molar-refractivity contribution is -0.385. The van der Waals surface area contributed by atoms with Crippen molar-refractivity contribution in [2.75, 3.05) is 6.54 Å². The Balaban J connectivity index is 2.01. The summed E-state index contributed by atoms with van der Waals surface area (Å²) < 4.78 is 0. The summed E-state index contributed by atoms with van der Waals surface area (Å²) in [6.07, 6.45) is 1.70. The zero-order valence-electron chi connectivity index (χ0n) is 9.89. The van der Waals surface area contributed by atoms with E-state index in [-0.39, 0.29) is 17.6 Å². The monoisotopic (exact) mass is 249 g/mol. The number of hydrogen-bond donors (Lipinski definition) is 2. The second-order valence-electron chi connectivity index (χ2n) is 4.25. The summed E-state index contributed by atoms with van der Waals surface area (Å²) in [4.78, 5) is 22.0. The van der Waals surface area contributed by atoms with Crippen LogP contribution in [0.4, 0.5) is 5.69 Å². The maximum atomic E-state index is 11.5. The van der Waals surface area contributed by atoms with E-state index in [1.165, 1.54) is 6.07 Å². The molecule has 0 aromatic heterocycles. The molecule has 0 saturated carbocycles. The van der Waals surface area contributed by atoms with Crippen LogP contribution in [0.5, 0.6) is 0 Å². The first-order valence-electron chi connectivity index (χ1n) is 5.92. The number of carbonyl (C=O) groups excluding carboxylic acids is 1. The molecular weight excluding hydrogens is 234 g/mol. The van der Waals surface area contributed by atoms with Crippen molar-refractivity contribution >= 4 is 11.6 Å². The Morgan fingerprint density at radius 2 is 2.22 bits per heavy atom. The Kier molecular flexibility index (Phi) is 3.88. The van der Waals surface area contributed by atoms with Gasteiger partial charge in [-0.2, -0.15) is 0 Å². The van der Waals surface area contributed by atoms with Crippen LogP contribution in [0.25, 0.3) is 0 Å². The molecule has 1 unspecified atom stereocenters. The second-order valence-corrected chi connectivity index (χ2v) is 4.25. The highest BCUT2D eigenvalue weighted by Crippen LogP contribution is 2.17. The molecule has 0 spiro atoms. The van der Waals surface area contributed by atoms with Crippen LogP contribution < -0.4 is 10.6 Å². The number of piperidine rings is 1. The fourth-order valence-electron chi connectivity index (χ4n) is 2.04. The number of nitro benzene ring substituents is 1. The number of carbonyl (C=O) groups is 1. The van der Waals surface area contributed by atoms with E-state index >= 15 is 0 Å². The van der Waals surface area contributed by atoms with Gasteiger partial charge in [0.1, 0.15) is 0 Å². The quantitative estimate of drug-likeness (QED) is 0.615. The Bertz CT molecular complexity index is 462. The molecule has 2 N–H and O–H groups in total. The summed E-state index contributed by atoms with van der Waals surface area (Å²) >= 11 is 0. The van der Waals surface area contributed by atoms with Crippen molar-refractivity contribution in [3.63, 3.8) is 0 Å². The predicted molar refractivity (Wildman–Crippen MR) is 66.0 cm³/mol. The molecule has 0 radical (unpaired) electrons. The van der Waals surface area contributed by atoms with Gasteiger partial charge in [-0.3, -0.25) is 14.9 Å². The highest BCUT2D eigenvalue weighted by molar-refractivity contribution is 5.82. The highest BCUT2D eigenvalue weighted by atomic mass is 16.6. The summed E-state index contributed by atoms with van der Waals surface area (Å²) in [6, 6.07) is 6.31. The van der Waals surface area contributed by atoms with Crippen molar-refractivity contribution in [2.24, 2.45) is 0 Å². The highest BCUT2D eigenvalue weighted by Gasteiger charge is 2.22. The molecule has 0 aliphatic carbocycles. The topological polar surface area (TPSA) is 84.3 Å². The second kappa shape index (κ2) is 5.59. The van der Waals surface area contributed by atoms with Crippen molar-refractivity contribution in [3.8, 4) is 0 Å². The van der Waals surface area contributed by atoms with Crippen molar-refractivity contribution in [2.45, 2.75) is 25.4 Å². The number of nitrogens with one attached hydrogen (secondary N) is 2. The number of para-hydroxylation sites is 1. The molecule has 2 rings (SSSR count). The van der Waals surface area contributed by atoms with E-state index in [0.717, 1.165) is 12.8 Å². The lowest BCUT2D eigenvalue weighted by atomic mass is 10.1. The fourth-order valence-corrected chi connectivity index (χ4v) is 2.04. The molecule has 6 nitrogen and oxygen atoms in total. The van der Waals surface area contributed by atoms with Crippen molar-refractivity contribution in [3.05, 3.63) is 39.9 Å². The van der Waals surface area contributed by atoms with Gasteiger partial charge < -0.3 is 10.6 Å². The summed E-state index contributed by atoms with van der Waals surface area (Å²) in [7, 11) is 0. The summed E-state index contributed by atoms with van der Waals surface area (Å²) in [5, 5.41) is 16.7. The van der Waals surface area contributed by atoms with Gasteiger partial charge in [0, 0.05) is 24.7 Å². The molecule has 1 aliphatic heterocycles. The minimum absolute atomic E-state index is 0.0279. The van der Waals surface area contributed by atoms with Crippen LogP contribution in [0.15, 0.2) is 24.3 Å². The first-order chi connectivity index (χ1) is 8.68. The number of hydrogen-bond acceptors (Lipinski definition) is 4. The van der Waals surface area contributed by atoms with Gasteiger partial charge in [0.25, 0.3) is 5.69 Å². The maximum Gasteiger partial charge on any atom is 0.273 e. The first kappa shape index (κ1) is 12.5. The van der Waals surface area contributed by atoms with Crippen LogP contribution in [-0.2, 0) is 11.3 Å². The normalized spacial score (nSPS) is 19.3. The lowest BCUT2D eigenvalue weighted by Gasteiger charge is -2.22. The molecule has 1 fully saturated rings. The fraction of sp³-hybridized carbons (Fsp3) is 0.417. The molecular formula is C12H15N3O3. The van der Waals surface area contributed by atoms with E-state index in [9.17, 15) is 14.9 Å². The molecule has 1 aliphatic rings. The number of nitro groups is 1. The van der Waals surface area contributed by atoms with E-state index in [1.807, 2.05) is 0 Å². The van der Waals surface area contributed by atoms with Crippen LogP contribution in [-0.4, -0.2) is 23.4 Å². The molecule has 18 heavy (non-hydrogen) atoms. The maximum absolute atomic E-state index is 11.5. The number of rotatable bonds is 4. The van der Waals surface area contributed by atoms with Crippen LogP contribution in [0.3, 0.4) is 0 Å². The van der Waals surface area contributed by atoms with Gasteiger partial charge in [0.05, 0.1) is 11.0 Å². The zero-order chi connectivity index (χ0) is 13.0. The van der Waals surface area contributed by atoms with Gasteiger partial charge in [-0.15, -0.1) is 0 Å². The molecule has 1 amide bonds. The molecule has 96 valence electrons. The van der Waals surface area contributed by atoms with Gasteiger partial charge in [0.2, 0.25) is 5.91 Å². The van der Waals surface area contributed by atoms with Crippen molar-refractivity contribution in [1.82, 2.24) is 10.6 Å². The third-order valence-corrected chi connectivity index (χ3v) is 3.01. The van der Waals surface area contributed by atoms with Gasteiger partial charge in [-0.05, 0) is 12.8 Å². The Hall–Kier alpha value is -1.95. The van der Waals surface area contributed by atoms with Crippen LogP contribution in [0, 0.1) is 10.1 Å². The van der Waals surface area contributed by atoms with Gasteiger partial charge in [-0.25, -0.2) is 0 Å². The van der Waals surface area contributed by atoms with Crippen LogP contribution >= 0.6 is 0 Å². The third kappa shape index (κ3) is 2.84. The number of amides is 1. The van der Waals surface area contributed by atoms with Gasteiger partial charge in [0.15, 0.2) is 0 Å². The molecule has 1 atom stereocenters. The van der Waals surface area contributed by atoms with Crippen LogP contribution in [0.1, 0.15) is 18.4 Å². The predicted octanol–water partition coefficient (Wildman–Crippen LogP) is 0.963. The van der Waals surface area contributed by atoms with Crippen molar-refractivity contribution < 1.29 is 9.72 Å². The van der Waals surface area contributed by atoms with Gasteiger partial charge >= 0.3 is 0 Å².